The highest BCUT2D eigenvalue weighted by Crippen LogP contribution is 2.12. The summed E-state index contributed by atoms with van der Waals surface area (Å²) in [5.41, 5.74) is 0.115. The first-order valence-electron chi connectivity index (χ1n) is 3.09. The monoisotopic (exact) mass is 190 g/mol. The molecular formula is C6H9FN2P2. The van der Waals surface area contributed by atoms with E-state index in [4.69, 9.17) is 0 Å². The Kier molecular flexibility index (Phi) is 3.16. The maximum atomic E-state index is 12.5. The Balaban J connectivity index is 2.71. The Morgan fingerprint density at radius 3 is 2.73 bits per heavy atom. The van der Waals surface area contributed by atoms with Crippen LogP contribution in [0.15, 0.2) is 18.2 Å². The van der Waals surface area contributed by atoms with E-state index < -0.39 is 5.95 Å². The molecule has 0 amide bonds. The maximum Gasteiger partial charge on any atom is 0.214 e. The summed E-state index contributed by atoms with van der Waals surface area (Å²) in [5, 5.41) is 2.92. The lowest BCUT2D eigenvalue weighted by atomic mass is 10.4. The lowest BCUT2D eigenvalue weighted by Crippen LogP contribution is -2.04. The highest BCUT2D eigenvalue weighted by atomic mass is 31.1. The summed E-state index contributed by atoms with van der Waals surface area (Å²) in [7, 11) is 5.02. The topological polar surface area (TPSA) is 24.9 Å². The fourth-order valence-corrected chi connectivity index (χ4v) is 1.00. The van der Waals surface area contributed by atoms with Crippen molar-refractivity contribution in [2.45, 2.75) is 5.52 Å². The van der Waals surface area contributed by atoms with E-state index in [1.165, 1.54) is 6.07 Å². The van der Waals surface area contributed by atoms with Crippen LogP contribution in [-0.2, 0) is 0 Å². The van der Waals surface area contributed by atoms with Crippen molar-refractivity contribution in [3.63, 3.8) is 0 Å². The van der Waals surface area contributed by atoms with Crippen molar-refractivity contribution in [3.05, 3.63) is 24.1 Å². The largest absolute Gasteiger partial charge is 0.361 e. The van der Waals surface area contributed by atoms with Gasteiger partial charge >= 0.3 is 0 Å². The normalized spacial score (nSPS) is 10.2. The number of nitrogens with zero attached hydrogens (tertiary/aromatic N) is 1. The van der Waals surface area contributed by atoms with Crippen LogP contribution >= 0.6 is 18.5 Å². The molecule has 60 valence electrons. The molecule has 1 N–H and O–H groups in total. The minimum atomic E-state index is -0.467. The van der Waals surface area contributed by atoms with Crippen molar-refractivity contribution in [3.8, 4) is 0 Å². The zero-order valence-corrected chi connectivity index (χ0v) is 8.10. The molecule has 0 radical (unpaired) electrons. The van der Waals surface area contributed by atoms with Gasteiger partial charge in [-0.1, -0.05) is 6.07 Å². The number of hydrogen-bond acceptors (Lipinski definition) is 2. The van der Waals surface area contributed by atoms with Crippen LogP contribution in [0.25, 0.3) is 0 Å². The molecule has 0 aliphatic heterocycles. The Bertz CT molecular complexity index is 242. The molecule has 0 saturated heterocycles. The highest BCUT2D eigenvalue weighted by molar-refractivity contribution is 7.38. The van der Waals surface area contributed by atoms with Crippen molar-refractivity contribution in [1.29, 1.82) is 0 Å². The van der Waals surface area contributed by atoms with E-state index in [0.29, 0.717) is 5.82 Å². The zero-order chi connectivity index (χ0) is 8.27. The summed E-state index contributed by atoms with van der Waals surface area (Å²) in [5.74, 6) is 0.0747. The maximum absolute atomic E-state index is 12.5. The summed E-state index contributed by atoms with van der Waals surface area (Å²) < 4.78 is 12.5. The number of aromatic nitrogens is 1. The van der Waals surface area contributed by atoms with E-state index in [9.17, 15) is 4.39 Å². The summed E-state index contributed by atoms with van der Waals surface area (Å²) in [6.45, 7) is 0. The van der Waals surface area contributed by atoms with E-state index in [2.05, 4.69) is 28.8 Å². The smallest absolute Gasteiger partial charge is 0.214 e. The Morgan fingerprint density at radius 1 is 1.45 bits per heavy atom. The van der Waals surface area contributed by atoms with E-state index >= 15 is 0 Å². The first-order valence-corrected chi connectivity index (χ1v) is 4.42. The van der Waals surface area contributed by atoms with Crippen LogP contribution in [0, 0.1) is 5.95 Å². The van der Waals surface area contributed by atoms with Crippen LogP contribution in [0.2, 0.25) is 0 Å². The number of nitrogens with one attached hydrogen (secondary N) is 1. The van der Waals surface area contributed by atoms with Crippen LogP contribution in [0.3, 0.4) is 0 Å². The van der Waals surface area contributed by atoms with E-state index in [-0.39, 0.29) is 5.52 Å². The van der Waals surface area contributed by atoms with Crippen LogP contribution < -0.4 is 5.32 Å². The molecule has 2 nitrogen and oxygen atoms in total. The molecule has 2 atom stereocenters. The van der Waals surface area contributed by atoms with Gasteiger partial charge in [-0.15, -0.1) is 18.5 Å². The van der Waals surface area contributed by atoms with Gasteiger partial charge in [-0.2, -0.15) is 4.39 Å². The number of rotatable bonds is 2. The van der Waals surface area contributed by atoms with E-state index in [1.54, 1.807) is 12.1 Å². The highest BCUT2D eigenvalue weighted by Gasteiger charge is 1.96. The summed E-state index contributed by atoms with van der Waals surface area (Å²) in [6.07, 6.45) is 0. The lowest BCUT2D eigenvalue weighted by Gasteiger charge is -2.07. The Labute approximate surface area is 69.4 Å². The molecular weight excluding hydrogens is 181 g/mol. The molecule has 1 heterocycles. The molecule has 0 aromatic carbocycles. The summed E-state index contributed by atoms with van der Waals surface area (Å²) in [4.78, 5) is 3.61. The number of anilines is 1. The minimum absolute atomic E-state index is 0.115. The lowest BCUT2D eigenvalue weighted by molar-refractivity contribution is 0.585. The number of halogens is 1. The van der Waals surface area contributed by atoms with Gasteiger partial charge in [0.15, 0.2) is 0 Å². The Hall–Kier alpha value is -0.260. The minimum Gasteiger partial charge on any atom is -0.361 e. The fraction of sp³-hybridized carbons (Fsp3) is 0.167. The molecule has 5 heteroatoms. The first-order chi connectivity index (χ1) is 5.18. The van der Waals surface area contributed by atoms with Gasteiger partial charge in [0.25, 0.3) is 0 Å². The van der Waals surface area contributed by atoms with Crippen molar-refractivity contribution >= 4 is 24.3 Å². The van der Waals surface area contributed by atoms with Crippen molar-refractivity contribution in [2.75, 3.05) is 5.32 Å². The van der Waals surface area contributed by atoms with Gasteiger partial charge < -0.3 is 5.32 Å². The number of pyridine rings is 1. The molecule has 1 aromatic heterocycles. The quantitative estimate of drug-likeness (QED) is 0.566. The van der Waals surface area contributed by atoms with Crippen LogP contribution in [0.4, 0.5) is 10.2 Å². The van der Waals surface area contributed by atoms with Crippen molar-refractivity contribution in [2.24, 2.45) is 0 Å². The zero-order valence-electron chi connectivity index (χ0n) is 5.79. The summed E-state index contributed by atoms with van der Waals surface area (Å²) >= 11 is 0. The van der Waals surface area contributed by atoms with Gasteiger partial charge in [-0.05, 0) is 12.1 Å². The van der Waals surface area contributed by atoms with Gasteiger partial charge in [0, 0.05) is 0 Å². The average molecular weight is 190 g/mol. The molecule has 0 spiro atoms. The third-order valence-electron chi connectivity index (χ3n) is 1.03. The van der Waals surface area contributed by atoms with E-state index in [0.717, 1.165) is 0 Å². The molecule has 0 bridgehead atoms. The summed E-state index contributed by atoms with van der Waals surface area (Å²) in [6, 6.07) is 4.64. The second-order valence-electron chi connectivity index (χ2n) is 2.02. The SMILES string of the molecule is Fc1cccc(NC(P)P)n1. The third-order valence-corrected chi connectivity index (χ3v) is 1.36. The molecule has 11 heavy (non-hydrogen) atoms. The van der Waals surface area contributed by atoms with Gasteiger partial charge in [0.2, 0.25) is 5.95 Å². The van der Waals surface area contributed by atoms with Crippen LogP contribution in [-0.4, -0.2) is 10.5 Å². The van der Waals surface area contributed by atoms with E-state index in [1.807, 2.05) is 0 Å². The third kappa shape index (κ3) is 3.09. The molecule has 0 aliphatic rings. The molecule has 1 aromatic rings. The predicted octanol–water partition coefficient (Wildman–Crippen LogP) is 1.67. The Morgan fingerprint density at radius 2 is 2.18 bits per heavy atom. The fourth-order valence-electron chi connectivity index (χ4n) is 0.659. The van der Waals surface area contributed by atoms with Crippen LogP contribution in [0.5, 0.6) is 0 Å². The molecule has 0 aliphatic carbocycles. The second kappa shape index (κ2) is 3.94. The second-order valence-corrected chi connectivity index (χ2v) is 4.22. The standard InChI is InChI=1S/C6H9FN2P2/c7-4-2-1-3-5(8-4)9-6(10)11/h1-3,6H,10-11H2,(H,8,9). The van der Waals surface area contributed by atoms with Crippen LogP contribution in [0.1, 0.15) is 0 Å². The molecule has 1 rings (SSSR count). The van der Waals surface area contributed by atoms with Gasteiger partial charge in [-0.25, -0.2) is 4.98 Å². The molecule has 2 unspecified atom stereocenters. The van der Waals surface area contributed by atoms with Gasteiger partial charge in [-0.3, -0.25) is 0 Å². The predicted molar refractivity (Wildman–Crippen MR) is 51.0 cm³/mol. The van der Waals surface area contributed by atoms with Crippen molar-refractivity contribution in [1.82, 2.24) is 4.98 Å². The molecule has 0 fully saturated rings. The number of hydrogen-bond donors (Lipinski definition) is 1. The first kappa shape index (κ1) is 8.83. The molecule has 0 saturated carbocycles. The van der Waals surface area contributed by atoms with Gasteiger partial charge in [0.05, 0.1) is 5.52 Å². The van der Waals surface area contributed by atoms with Gasteiger partial charge in [0.1, 0.15) is 5.82 Å². The average Bonchev–Trinajstić information content (AvgIpc) is 1.85. The van der Waals surface area contributed by atoms with Crippen molar-refractivity contribution < 1.29 is 4.39 Å².